The average molecular weight is 581 g/mol. The molecule has 0 spiro atoms. The number of fused-ring (bicyclic) bond motifs is 7. The summed E-state index contributed by atoms with van der Waals surface area (Å²) in [6, 6.07) is 39.3. The van der Waals surface area contributed by atoms with Crippen LogP contribution in [0.3, 0.4) is 0 Å². The van der Waals surface area contributed by atoms with E-state index in [0.717, 1.165) is 38.9 Å². The van der Waals surface area contributed by atoms with E-state index >= 15 is 0 Å². The summed E-state index contributed by atoms with van der Waals surface area (Å²) in [5.74, 6) is 0. The van der Waals surface area contributed by atoms with Crippen LogP contribution >= 0.6 is 0 Å². The molecule has 0 bridgehead atoms. The Morgan fingerprint density at radius 2 is 1.22 bits per heavy atom. The Bertz CT molecular complexity index is 2250. The van der Waals surface area contributed by atoms with Gasteiger partial charge in [0.1, 0.15) is 0 Å². The first-order valence-electron chi connectivity index (χ1n) is 15.7. The molecule has 6 aromatic rings. The van der Waals surface area contributed by atoms with Crippen molar-refractivity contribution in [1.82, 2.24) is 4.98 Å². The van der Waals surface area contributed by atoms with Crippen LogP contribution in [-0.4, -0.2) is 4.98 Å². The van der Waals surface area contributed by atoms with Gasteiger partial charge in [0.05, 0.1) is 16.9 Å². The number of aromatic nitrogens is 1. The lowest BCUT2D eigenvalue weighted by molar-refractivity contribution is 0.660. The predicted molar refractivity (Wildman–Crippen MR) is 191 cm³/mol. The lowest BCUT2D eigenvalue weighted by Gasteiger charge is -2.22. The highest BCUT2D eigenvalue weighted by Gasteiger charge is 2.36. The van der Waals surface area contributed by atoms with E-state index in [0.29, 0.717) is 5.69 Å². The van der Waals surface area contributed by atoms with Gasteiger partial charge in [0.15, 0.2) is 0 Å². The van der Waals surface area contributed by atoms with Crippen LogP contribution in [0.4, 0.5) is 5.69 Å². The topological polar surface area (TPSA) is 38.9 Å². The molecule has 45 heavy (non-hydrogen) atoms. The monoisotopic (exact) mass is 580 g/mol. The second-order valence-corrected chi connectivity index (χ2v) is 13.6. The van der Waals surface area contributed by atoms with Crippen molar-refractivity contribution < 1.29 is 0 Å². The minimum atomic E-state index is -0.0588. The number of nitrogens with two attached hydrogens (primary N) is 1. The summed E-state index contributed by atoms with van der Waals surface area (Å²) in [5, 5.41) is 1.03. The van der Waals surface area contributed by atoms with Gasteiger partial charge in [-0.3, -0.25) is 0 Å². The number of allylic oxidation sites excluding steroid dienone is 2. The predicted octanol–water partition coefficient (Wildman–Crippen LogP) is 10.8. The van der Waals surface area contributed by atoms with Crippen molar-refractivity contribution in [2.75, 3.05) is 5.73 Å². The van der Waals surface area contributed by atoms with Gasteiger partial charge in [0, 0.05) is 21.8 Å². The van der Waals surface area contributed by atoms with E-state index in [4.69, 9.17) is 10.7 Å². The highest BCUT2D eigenvalue weighted by molar-refractivity contribution is 5.96. The van der Waals surface area contributed by atoms with Crippen molar-refractivity contribution in [2.24, 2.45) is 0 Å². The van der Waals surface area contributed by atoms with Crippen molar-refractivity contribution >= 4 is 28.2 Å². The van der Waals surface area contributed by atoms with E-state index in [9.17, 15) is 0 Å². The molecule has 0 radical (unpaired) electrons. The second kappa shape index (κ2) is 9.64. The van der Waals surface area contributed by atoms with Gasteiger partial charge in [-0.15, -0.1) is 0 Å². The molecule has 0 amide bonds. The lowest BCUT2D eigenvalue weighted by atomic mass is 9.81. The van der Waals surface area contributed by atoms with Crippen LogP contribution in [0.2, 0.25) is 0 Å². The SMILES string of the molecule is C=C(/C=C\c1ccc2ccc(-c3ccc4c(c3)C(C)(C)c3ccccc3-4)nc2c1N)c1ccc2c(c1)C(C)(C)c1ccccc1-2. The van der Waals surface area contributed by atoms with Gasteiger partial charge in [0.25, 0.3) is 0 Å². The molecule has 0 saturated carbocycles. The molecule has 2 heteroatoms. The first-order valence-corrected chi connectivity index (χ1v) is 15.7. The number of rotatable bonds is 4. The van der Waals surface area contributed by atoms with Crippen molar-refractivity contribution in [2.45, 2.75) is 38.5 Å². The van der Waals surface area contributed by atoms with Crippen LogP contribution in [0.5, 0.6) is 0 Å². The van der Waals surface area contributed by atoms with Gasteiger partial charge in [-0.05, 0) is 79.4 Å². The molecule has 218 valence electrons. The van der Waals surface area contributed by atoms with Crippen molar-refractivity contribution in [3.63, 3.8) is 0 Å². The van der Waals surface area contributed by atoms with E-state index in [1.807, 2.05) is 0 Å². The Labute approximate surface area is 265 Å². The number of nitrogen functional groups attached to an aromatic ring is 1. The molecule has 0 fully saturated rings. The molecule has 1 aromatic heterocycles. The highest BCUT2D eigenvalue weighted by Crippen LogP contribution is 2.50. The molecule has 5 aromatic carbocycles. The van der Waals surface area contributed by atoms with Crippen molar-refractivity contribution in [3.8, 4) is 33.5 Å². The molecular weight excluding hydrogens is 544 g/mol. The number of hydrogen-bond acceptors (Lipinski definition) is 2. The first-order chi connectivity index (χ1) is 21.6. The quantitative estimate of drug-likeness (QED) is 0.166. The summed E-state index contributed by atoms with van der Waals surface area (Å²) in [6.07, 6.45) is 4.13. The van der Waals surface area contributed by atoms with Crippen LogP contribution in [0.25, 0.3) is 56.1 Å². The summed E-state index contributed by atoms with van der Waals surface area (Å²) >= 11 is 0. The minimum absolute atomic E-state index is 0.0450. The molecule has 2 aliphatic rings. The lowest BCUT2D eigenvalue weighted by Crippen LogP contribution is -2.15. The van der Waals surface area contributed by atoms with Gasteiger partial charge < -0.3 is 5.73 Å². The molecule has 8 rings (SSSR count). The minimum Gasteiger partial charge on any atom is -0.396 e. The Morgan fingerprint density at radius 3 is 1.91 bits per heavy atom. The highest BCUT2D eigenvalue weighted by atomic mass is 14.7. The molecule has 0 atom stereocenters. The first kappa shape index (κ1) is 27.3. The zero-order chi connectivity index (χ0) is 31.1. The van der Waals surface area contributed by atoms with Crippen LogP contribution in [-0.2, 0) is 10.8 Å². The number of pyridine rings is 1. The van der Waals surface area contributed by atoms with Gasteiger partial charge >= 0.3 is 0 Å². The Balaban J connectivity index is 1.11. The maximum absolute atomic E-state index is 6.80. The van der Waals surface area contributed by atoms with Crippen molar-refractivity contribution in [3.05, 3.63) is 155 Å². The van der Waals surface area contributed by atoms with Crippen LogP contribution in [0, 0.1) is 0 Å². The summed E-state index contributed by atoms with van der Waals surface area (Å²) in [6.45, 7) is 13.6. The van der Waals surface area contributed by atoms with Gasteiger partial charge in [-0.1, -0.05) is 137 Å². The van der Waals surface area contributed by atoms with E-state index in [-0.39, 0.29) is 10.8 Å². The fraction of sp³-hybridized carbons (Fsp3) is 0.140. The summed E-state index contributed by atoms with van der Waals surface area (Å²) in [5.41, 5.74) is 23.9. The van der Waals surface area contributed by atoms with Gasteiger partial charge in [0.2, 0.25) is 0 Å². The molecule has 2 N–H and O–H groups in total. The third kappa shape index (κ3) is 4.05. The Hall–Kier alpha value is -5.21. The molecule has 2 aliphatic carbocycles. The maximum atomic E-state index is 6.80. The fourth-order valence-electron chi connectivity index (χ4n) is 7.59. The molecule has 0 saturated heterocycles. The molecule has 1 heterocycles. The Kier molecular flexibility index (Phi) is 5.86. The largest absolute Gasteiger partial charge is 0.396 e. The van der Waals surface area contributed by atoms with Crippen LogP contribution in [0.15, 0.2) is 122 Å². The number of hydrogen-bond donors (Lipinski definition) is 1. The summed E-state index contributed by atoms with van der Waals surface area (Å²) < 4.78 is 0. The molecule has 0 unspecified atom stereocenters. The van der Waals surface area contributed by atoms with E-state index < -0.39 is 0 Å². The smallest absolute Gasteiger partial charge is 0.0944 e. The third-order valence-electron chi connectivity index (χ3n) is 10.2. The number of benzene rings is 5. The van der Waals surface area contributed by atoms with Crippen LogP contribution in [0.1, 0.15) is 61.1 Å². The standard InChI is InChI=1S/C43H36N2/c1-26(29-18-21-33-31-10-6-8-12-35(31)42(2,3)37(33)24-29)14-15-27-16-17-28-20-23-39(45-41(28)40(27)44)30-19-22-34-32-11-7-9-13-36(32)43(4,5)38(34)25-30/h6-25H,1,44H2,2-5H3/b15-14-. The maximum Gasteiger partial charge on any atom is 0.0944 e. The molecule has 0 aliphatic heterocycles. The molecule has 2 nitrogen and oxygen atoms in total. The number of nitrogens with zero attached hydrogens (tertiary/aromatic N) is 1. The Morgan fingerprint density at radius 1 is 0.644 bits per heavy atom. The molecular formula is C43H36N2. The summed E-state index contributed by atoms with van der Waals surface area (Å²) in [7, 11) is 0. The average Bonchev–Trinajstić information content (AvgIpc) is 3.43. The second-order valence-electron chi connectivity index (χ2n) is 13.6. The van der Waals surface area contributed by atoms with Gasteiger partial charge in [-0.25, -0.2) is 4.98 Å². The summed E-state index contributed by atoms with van der Waals surface area (Å²) in [4.78, 5) is 5.11. The number of anilines is 1. The fourth-order valence-corrected chi connectivity index (χ4v) is 7.59. The zero-order valence-corrected chi connectivity index (χ0v) is 26.3. The zero-order valence-electron chi connectivity index (χ0n) is 26.3. The van der Waals surface area contributed by atoms with Crippen molar-refractivity contribution in [1.29, 1.82) is 0 Å². The van der Waals surface area contributed by atoms with Crippen LogP contribution < -0.4 is 5.73 Å². The normalized spacial score (nSPS) is 15.1. The third-order valence-corrected chi connectivity index (χ3v) is 10.2. The van der Waals surface area contributed by atoms with E-state index in [1.54, 1.807) is 0 Å². The van der Waals surface area contributed by atoms with E-state index in [2.05, 4.69) is 156 Å². The van der Waals surface area contributed by atoms with Gasteiger partial charge in [-0.2, -0.15) is 0 Å². The van der Waals surface area contributed by atoms with E-state index in [1.165, 1.54) is 44.5 Å².